The Hall–Kier alpha value is -0.380. The van der Waals surface area contributed by atoms with Gasteiger partial charge in [-0.1, -0.05) is 41.1 Å². The summed E-state index contributed by atoms with van der Waals surface area (Å²) >= 11 is 3.58. The van der Waals surface area contributed by atoms with E-state index in [1.807, 2.05) is 6.07 Å². The van der Waals surface area contributed by atoms with Crippen LogP contribution in [0.3, 0.4) is 0 Å². The topological polar surface area (TPSA) is 35.2 Å². The maximum atomic E-state index is 6.35. The summed E-state index contributed by atoms with van der Waals surface area (Å²) in [6.07, 6.45) is 3.44. The van der Waals surface area contributed by atoms with Crippen LogP contribution in [-0.2, 0) is 11.2 Å². The summed E-state index contributed by atoms with van der Waals surface area (Å²) in [5, 5.41) is 0. The van der Waals surface area contributed by atoms with Crippen LogP contribution in [0.5, 0.6) is 0 Å². The van der Waals surface area contributed by atoms with Crippen LogP contribution in [0.4, 0.5) is 0 Å². The second kappa shape index (κ2) is 5.98. The highest BCUT2D eigenvalue weighted by atomic mass is 79.9. The van der Waals surface area contributed by atoms with Crippen molar-refractivity contribution >= 4 is 15.9 Å². The van der Waals surface area contributed by atoms with Crippen LogP contribution < -0.4 is 5.73 Å². The fourth-order valence-electron chi connectivity index (χ4n) is 2.64. The predicted molar refractivity (Wildman–Crippen MR) is 74.0 cm³/mol. The fraction of sp³-hybridized carbons (Fsp3) is 0.571. The highest BCUT2D eigenvalue weighted by Crippen LogP contribution is 2.28. The summed E-state index contributed by atoms with van der Waals surface area (Å²) in [4.78, 5) is 0. The van der Waals surface area contributed by atoms with Gasteiger partial charge in [-0.15, -0.1) is 0 Å². The monoisotopic (exact) mass is 297 g/mol. The Labute approximate surface area is 112 Å². The molecule has 0 aromatic heterocycles. The van der Waals surface area contributed by atoms with E-state index in [9.17, 15) is 0 Å². The van der Waals surface area contributed by atoms with E-state index >= 15 is 0 Å². The van der Waals surface area contributed by atoms with Gasteiger partial charge in [-0.2, -0.15) is 0 Å². The van der Waals surface area contributed by atoms with E-state index in [1.165, 1.54) is 5.56 Å². The number of hydrogen-bond donors (Lipinski definition) is 1. The number of halogens is 1. The zero-order chi connectivity index (χ0) is 12.3. The number of nitrogens with two attached hydrogens (primary N) is 1. The van der Waals surface area contributed by atoms with E-state index in [-0.39, 0.29) is 6.04 Å². The summed E-state index contributed by atoms with van der Waals surface area (Å²) in [6, 6.07) is 8.51. The van der Waals surface area contributed by atoms with Gasteiger partial charge in [-0.05, 0) is 30.9 Å². The summed E-state index contributed by atoms with van der Waals surface area (Å²) < 4.78 is 6.87. The van der Waals surface area contributed by atoms with E-state index in [0.29, 0.717) is 12.0 Å². The average Bonchev–Trinajstić information content (AvgIpc) is 2.80. The SMILES string of the molecule is CCC1OCCC1C(N)Cc1ccccc1Br. The molecule has 1 heterocycles. The molecule has 1 aromatic rings. The first-order valence-corrected chi connectivity index (χ1v) is 7.12. The Kier molecular flexibility index (Phi) is 4.60. The molecule has 0 aliphatic carbocycles. The van der Waals surface area contributed by atoms with Crippen LogP contribution in [0, 0.1) is 5.92 Å². The molecule has 3 unspecified atom stereocenters. The molecule has 0 saturated carbocycles. The summed E-state index contributed by atoms with van der Waals surface area (Å²) in [6.45, 7) is 3.04. The molecule has 0 amide bonds. The first kappa shape index (κ1) is 13.1. The first-order chi connectivity index (χ1) is 8.22. The molecule has 3 heteroatoms. The van der Waals surface area contributed by atoms with Crippen molar-refractivity contribution in [2.45, 2.75) is 38.3 Å². The van der Waals surface area contributed by atoms with Crippen molar-refractivity contribution in [2.24, 2.45) is 11.7 Å². The zero-order valence-electron chi connectivity index (χ0n) is 10.2. The van der Waals surface area contributed by atoms with Gasteiger partial charge in [0.2, 0.25) is 0 Å². The van der Waals surface area contributed by atoms with Crippen LogP contribution in [0.2, 0.25) is 0 Å². The molecule has 0 spiro atoms. The van der Waals surface area contributed by atoms with Crippen molar-refractivity contribution in [3.8, 4) is 0 Å². The van der Waals surface area contributed by atoms with Crippen LogP contribution in [0.1, 0.15) is 25.3 Å². The molecule has 2 nitrogen and oxygen atoms in total. The van der Waals surface area contributed by atoms with Gasteiger partial charge in [0.25, 0.3) is 0 Å². The van der Waals surface area contributed by atoms with Crippen LogP contribution >= 0.6 is 15.9 Å². The molecule has 0 bridgehead atoms. The summed E-state index contributed by atoms with van der Waals surface area (Å²) in [7, 11) is 0. The molecule has 17 heavy (non-hydrogen) atoms. The van der Waals surface area contributed by atoms with Crippen LogP contribution in [-0.4, -0.2) is 18.8 Å². The maximum absolute atomic E-state index is 6.35. The van der Waals surface area contributed by atoms with Crippen molar-refractivity contribution < 1.29 is 4.74 Å². The average molecular weight is 298 g/mol. The molecule has 3 atom stereocenters. The van der Waals surface area contributed by atoms with E-state index in [4.69, 9.17) is 10.5 Å². The van der Waals surface area contributed by atoms with Crippen molar-refractivity contribution in [3.63, 3.8) is 0 Å². The standard InChI is InChI=1S/C14H20BrNO/c1-2-14-11(7-8-17-14)13(16)9-10-5-3-4-6-12(10)15/h3-6,11,13-14H,2,7-9,16H2,1H3. The number of ether oxygens (including phenoxy) is 1. The Morgan fingerprint density at radius 1 is 1.47 bits per heavy atom. The normalized spacial score (nSPS) is 26.1. The molecular formula is C14H20BrNO. The lowest BCUT2D eigenvalue weighted by atomic mass is 9.88. The lowest BCUT2D eigenvalue weighted by Gasteiger charge is -2.24. The fourth-order valence-corrected chi connectivity index (χ4v) is 3.09. The minimum absolute atomic E-state index is 0.196. The molecule has 0 radical (unpaired) electrons. The summed E-state index contributed by atoms with van der Waals surface area (Å²) in [5.41, 5.74) is 7.64. The molecule has 1 fully saturated rings. The van der Waals surface area contributed by atoms with Gasteiger partial charge in [-0.3, -0.25) is 0 Å². The van der Waals surface area contributed by atoms with Gasteiger partial charge >= 0.3 is 0 Å². The van der Waals surface area contributed by atoms with E-state index < -0.39 is 0 Å². The van der Waals surface area contributed by atoms with Gasteiger partial charge in [0.1, 0.15) is 0 Å². The van der Waals surface area contributed by atoms with E-state index in [0.717, 1.165) is 30.3 Å². The van der Waals surface area contributed by atoms with Crippen LogP contribution in [0.25, 0.3) is 0 Å². The maximum Gasteiger partial charge on any atom is 0.0616 e. The minimum atomic E-state index is 0.196. The minimum Gasteiger partial charge on any atom is -0.378 e. The molecule has 1 aromatic carbocycles. The zero-order valence-corrected chi connectivity index (χ0v) is 11.8. The molecule has 2 N–H and O–H groups in total. The van der Waals surface area contributed by atoms with E-state index in [1.54, 1.807) is 0 Å². The van der Waals surface area contributed by atoms with Gasteiger partial charge in [0.15, 0.2) is 0 Å². The van der Waals surface area contributed by atoms with Crippen LogP contribution in [0.15, 0.2) is 28.7 Å². The number of benzene rings is 1. The first-order valence-electron chi connectivity index (χ1n) is 6.33. The second-order valence-corrected chi connectivity index (χ2v) is 5.58. The van der Waals surface area contributed by atoms with Gasteiger partial charge in [-0.25, -0.2) is 0 Å². The third-order valence-electron chi connectivity index (χ3n) is 3.63. The number of hydrogen-bond acceptors (Lipinski definition) is 2. The Morgan fingerprint density at radius 3 is 2.94 bits per heavy atom. The highest BCUT2D eigenvalue weighted by molar-refractivity contribution is 9.10. The predicted octanol–water partition coefficient (Wildman–Crippen LogP) is 3.13. The lowest BCUT2D eigenvalue weighted by molar-refractivity contribution is 0.0814. The van der Waals surface area contributed by atoms with Gasteiger partial charge < -0.3 is 10.5 Å². The van der Waals surface area contributed by atoms with Crippen molar-refractivity contribution in [1.29, 1.82) is 0 Å². The Balaban J connectivity index is 2.01. The molecular weight excluding hydrogens is 278 g/mol. The van der Waals surface area contributed by atoms with Crippen molar-refractivity contribution in [1.82, 2.24) is 0 Å². The van der Waals surface area contributed by atoms with Crippen molar-refractivity contribution in [2.75, 3.05) is 6.61 Å². The Bertz CT molecular complexity index is 369. The smallest absolute Gasteiger partial charge is 0.0616 e. The lowest BCUT2D eigenvalue weighted by Crippen LogP contribution is -2.37. The molecule has 1 saturated heterocycles. The van der Waals surface area contributed by atoms with Gasteiger partial charge in [0, 0.05) is 23.0 Å². The third-order valence-corrected chi connectivity index (χ3v) is 4.40. The van der Waals surface area contributed by atoms with Crippen molar-refractivity contribution in [3.05, 3.63) is 34.3 Å². The highest BCUT2D eigenvalue weighted by Gasteiger charge is 2.31. The quantitative estimate of drug-likeness (QED) is 0.927. The third kappa shape index (κ3) is 3.09. The molecule has 1 aliphatic rings. The largest absolute Gasteiger partial charge is 0.378 e. The number of rotatable bonds is 4. The molecule has 94 valence electrons. The second-order valence-electron chi connectivity index (χ2n) is 4.73. The van der Waals surface area contributed by atoms with Gasteiger partial charge in [0.05, 0.1) is 6.10 Å². The van der Waals surface area contributed by atoms with E-state index in [2.05, 4.69) is 41.1 Å². The molecule has 2 rings (SSSR count). The molecule has 1 aliphatic heterocycles. The Morgan fingerprint density at radius 2 is 2.24 bits per heavy atom. The summed E-state index contributed by atoms with van der Waals surface area (Å²) in [5.74, 6) is 0.507.